The van der Waals surface area contributed by atoms with Gasteiger partial charge in [0.1, 0.15) is 0 Å². The fourth-order valence-corrected chi connectivity index (χ4v) is 5.14. The highest BCUT2D eigenvalue weighted by molar-refractivity contribution is 5.84. The van der Waals surface area contributed by atoms with Gasteiger partial charge < -0.3 is 14.7 Å². The van der Waals surface area contributed by atoms with Gasteiger partial charge in [-0.3, -0.25) is 4.79 Å². The van der Waals surface area contributed by atoms with Gasteiger partial charge in [0.2, 0.25) is 5.91 Å². The van der Waals surface area contributed by atoms with Gasteiger partial charge in [-0.25, -0.2) is 4.79 Å². The van der Waals surface area contributed by atoms with Gasteiger partial charge >= 0.3 is 6.03 Å². The highest BCUT2D eigenvalue weighted by Crippen LogP contribution is 2.45. The minimum absolute atomic E-state index is 0.0410. The molecular formula is C22H31N3O2. The summed E-state index contributed by atoms with van der Waals surface area (Å²) in [6.07, 6.45) is 5.18. The van der Waals surface area contributed by atoms with Crippen molar-refractivity contribution < 1.29 is 9.59 Å². The summed E-state index contributed by atoms with van der Waals surface area (Å²) >= 11 is 0. The Morgan fingerprint density at radius 1 is 1.04 bits per heavy atom. The van der Waals surface area contributed by atoms with Gasteiger partial charge in [-0.1, -0.05) is 30.3 Å². The molecule has 3 heterocycles. The van der Waals surface area contributed by atoms with E-state index in [1.54, 1.807) is 0 Å². The normalized spacial score (nSPS) is 25.3. The second-order valence-electron chi connectivity index (χ2n) is 8.48. The average molecular weight is 370 g/mol. The highest BCUT2D eigenvalue weighted by atomic mass is 16.2. The number of hydrogen-bond acceptors (Lipinski definition) is 2. The molecule has 5 heteroatoms. The van der Waals surface area contributed by atoms with Crippen molar-refractivity contribution in [2.45, 2.75) is 44.9 Å². The Morgan fingerprint density at radius 2 is 1.67 bits per heavy atom. The molecule has 3 amide bonds. The van der Waals surface area contributed by atoms with Crippen LogP contribution in [0.2, 0.25) is 0 Å². The van der Waals surface area contributed by atoms with Gasteiger partial charge in [-0.15, -0.1) is 0 Å². The fraction of sp³-hybridized carbons (Fsp3) is 0.636. The monoisotopic (exact) mass is 369 g/mol. The Hall–Kier alpha value is -2.04. The van der Waals surface area contributed by atoms with Crippen molar-refractivity contribution >= 4 is 11.9 Å². The summed E-state index contributed by atoms with van der Waals surface area (Å²) < 4.78 is 0. The molecule has 3 saturated heterocycles. The Bertz CT molecular complexity index is 676. The van der Waals surface area contributed by atoms with Crippen LogP contribution in [0.5, 0.6) is 0 Å². The topological polar surface area (TPSA) is 43.9 Å². The number of urea groups is 1. The van der Waals surface area contributed by atoms with Gasteiger partial charge in [0.15, 0.2) is 0 Å². The number of carbonyl (C=O) groups is 2. The van der Waals surface area contributed by atoms with Crippen molar-refractivity contribution in [2.75, 3.05) is 39.3 Å². The van der Waals surface area contributed by atoms with E-state index in [0.717, 1.165) is 76.9 Å². The number of rotatable bonds is 2. The molecule has 3 fully saturated rings. The summed E-state index contributed by atoms with van der Waals surface area (Å²) in [4.78, 5) is 31.8. The summed E-state index contributed by atoms with van der Waals surface area (Å²) in [5, 5.41) is 0. The molecule has 3 aliphatic rings. The molecule has 1 spiro atoms. The van der Waals surface area contributed by atoms with E-state index in [1.807, 2.05) is 32.9 Å². The van der Waals surface area contributed by atoms with Crippen LogP contribution in [0, 0.1) is 5.41 Å². The zero-order valence-electron chi connectivity index (χ0n) is 16.4. The molecule has 0 saturated carbocycles. The molecule has 1 atom stereocenters. The number of piperidine rings is 2. The Labute approximate surface area is 162 Å². The first-order valence-electron chi connectivity index (χ1n) is 10.5. The lowest BCUT2D eigenvalue weighted by Crippen LogP contribution is -2.55. The third kappa shape index (κ3) is 3.56. The Balaban J connectivity index is 1.48. The number of amides is 3. The molecule has 1 aromatic rings. The second kappa shape index (κ2) is 7.53. The lowest BCUT2D eigenvalue weighted by molar-refractivity contribution is -0.141. The van der Waals surface area contributed by atoms with Gasteiger partial charge in [0, 0.05) is 39.3 Å². The van der Waals surface area contributed by atoms with E-state index >= 15 is 0 Å². The summed E-state index contributed by atoms with van der Waals surface area (Å²) in [7, 11) is 0. The molecular weight excluding hydrogens is 338 g/mol. The quantitative estimate of drug-likeness (QED) is 0.803. The number of nitrogens with zero attached hydrogens (tertiary/aromatic N) is 3. The predicted octanol–water partition coefficient (Wildman–Crippen LogP) is 3.32. The first-order chi connectivity index (χ1) is 13.1. The number of likely N-dealkylation sites (N-methyl/N-ethyl adjacent to an activating group) is 1. The zero-order valence-corrected chi connectivity index (χ0v) is 16.4. The van der Waals surface area contributed by atoms with Crippen molar-refractivity contribution in [3.8, 4) is 0 Å². The van der Waals surface area contributed by atoms with Crippen LogP contribution in [0.15, 0.2) is 30.3 Å². The Kier molecular flexibility index (Phi) is 5.11. The Morgan fingerprint density at radius 3 is 2.30 bits per heavy atom. The molecule has 0 N–H and O–H groups in total. The minimum Gasteiger partial charge on any atom is -0.342 e. The smallest absolute Gasteiger partial charge is 0.319 e. The van der Waals surface area contributed by atoms with E-state index in [-0.39, 0.29) is 23.3 Å². The zero-order chi connectivity index (χ0) is 18.9. The average Bonchev–Trinajstić information content (AvgIpc) is 3.25. The van der Waals surface area contributed by atoms with E-state index < -0.39 is 0 Å². The van der Waals surface area contributed by atoms with Crippen LogP contribution >= 0.6 is 0 Å². The third-order valence-corrected chi connectivity index (χ3v) is 6.83. The van der Waals surface area contributed by atoms with Crippen LogP contribution in [0.1, 0.15) is 50.5 Å². The fourth-order valence-electron chi connectivity index (χ4n) is 5.14. The van der Waals surface area contributed by atoms with Crippen LogP contribution in [-0.4, -0.2) is 65.9 Å². The van der Waals surface area contributed by atoms with Crippen LogP contribution in [-0.2, 0) is 4.79 Å². The third-order valence-electron chi connectivity index (χ3n) is 6.83. The van der Waals surface area contributed by atoms with Crippen LogP contribution < -0.4 is 0 Å². The minimum atomic E-state index is -0.0410. The van der Waals surface area contributed by atoms with E-state index in [9.17, 15) is 9.59 Å². The summed E-state index contributed by atoms with van der Waals surface area (Å²) in [6.45, 7) is 7.15. The van der Waals surface area contributed by atoms with E-state index in [4.69, 9.17) is 0 Å². The number of likely N-dealkylation sites (tertiary alicyclic amines) is 3. The molecule has 0 unspecified atom stereocenters. The predicted molar refractivity (Wildman–Crippen MR) is 105 cm³/mol. The molecule has 4 rings (SSSR count). The first kappa shape index (κ1) is 18.3. The van der Waals surface area contributed by atoms with Crippen molar-refractivity contribution in [2.24, 2.45) is 5.41 Å². The lowest BCUT2D eigenvalue weighted by atomic mass is 9.67. The van der Waals surface area contributed by atoms with E-state index in [0.29, 0.717) is 0 Å². The molecule has 0 aromatic heterocycles. The maximum Gasteiger partial charge on any atom is 0.319 e. The lowest BCUT2D eigenvalue weighted by Gasteiger charge is -2.50. The summed E-state index contributed by atoms with van der Waals surface area (Å²) in [5.74, 6) is 0.227. The maximum absolute atomic E-state index is 13.0. The number of benzene rings is 1. The van der Waals surface area contributed by atoms with Crippen LogP contribution in [0.4, 0.5) is 4.79 Å². The maximum atomic E-state index is 13.0. The molecule has 0 radical (unpaired) electrons. The number of hydrogen-bond donors (Lipinski definition) is 0. The molecule has 0 bridgehead atoms. The molecule has 3 aliphatic heterocycles. The van der Waals surface area contributed by atoms with Gasteiger partial charge in [-0.05, 0) is 50.0 Å². The van der Waals surface area contributed by atoms with Crippen molar-refractivity contribution in [1.82, 2.24) is 14.7 Å². The second-order valence-corrected chi connectivity index (χ2v) is 8.48. The molecule has 5 nitrogen and oxygen atoms in total. The van der Waals surface area contributed by atoms with Crippen molar-refractivity contribution in [3.63, 3.8) is 0 Å². The van der Waals surface area contributed by atoms with Gasteiger partial charge in [0.25, 0.3) is 0 Å². The molecule has 27 heavy (non-hydrogen) atoms. The standard InChI is InChI=1S/C22H31N3O2/c1-2-23-17-22(16-19(20(23)26)18-8-4-3-5-9-18)10-14-25(15-11-22)21(27)24-12-6-7-13-24/h3-5,8-9,19H,2,6-7,10-17H2,1H3/t19-/m0/s1. The SMILES string of the molecule is CCN1CC2(CCN(C(=O)N3CCCC3)CC2)C[C@@H](c2ccccc2)C1=O. The van der Waals surface area contributed by atoms with E-state index in [2.05, 4.69) is 19.1 Å². The first-order valence-corrected chi connectivity index (χ1v) is 10.5. The molecule has 146 valence electrons. The molecule has 1 aromatic carbocycles. The largest absolute Gasteiger partial charge is 0.342 e. The van der Waals surface area contributed by atoms with Gasteiger partial charge in [-0.2, -0.15) is 0 Å². The van der Waals surface area contributed by atoms with Crippen molar-refractivity contribution in [3.05, 3.63) is 35.9 Å². The van der Waals surface area contributed by atoms with Gasteiger partial charge in [0.05, 0.1) is 5.92 Å². The van der Waals surface area contributed by atoms with E-state index in [1.165, 1.54) is 0 Å². The number of carbonyl (C=O) groups excluding carboxylic acids is 2. The van der Waals surface area contributed by atoms with Crippen LogP contribution in [0.25, 0.3) is 0 Å². The van der Waals surface area contributed by atoms with Crippen LogP contribution in [0.3, 0.4) is 0 Å². The summed E-state index contributed by atoms with van der Waals surface area (Å²) in [6, 6.07) is 10.5. The summed E-state index contributed by atoms with van der Waals surface area (Å²) in [5.41, 5.74) is 1.28. The molecule has 0 aliphatic carbocycles. The van der Waals surface area contributed by atoms with Crippen molar-refractivity contribution in [1.29, 1.82) is 0 Å². The highest BCUT2D eigenvalue weighted by Gasteiger charge is 2.46.